The second-order valence-corrected chi connectivity index (χ2v) is 10.0. The van der Waals surface area contributed by atoms with Gasteiger partial charge in [-0.2, -0.15) is 0 Å². The van der Waals surface area contributed by atoms with Crippen LogP contribution in [0, 0.1) is 32.5 Å². The molecule has 0 spiro atoms. The third kappa shape index (κ3) is 1.02. The Balaban J connectivity index is 2.92. The summed E-state index contributed by atoms with van der Waals surface area (Å²) in [6.45, 7) is 29.8. The van der Waals surface area contributed by atoms with Crippen molar-refractivity contribution in [3.63, 3.8) is 0 Å². The van der Waals surface area contributed by atoms with Crippen LogP contribution in [0.5, 0.6) is 0 Å². The average molecular weight is 277 g/mol. The Morgan fingerprint density at radius 2 is 0.900 bits per heavy atom. The second kappa shape index (κ2) is 3.39. The number of allylic oxidation sites excluding steroid dienone is 2. The highest BCUT2D eigenvalue weighted by Gasteiger charge is 2.82. The van der Waals surface area contributed by atoms with E-state index in [1.54, 1.807) is 11.1 Å². The van der Waals surface area contributed by atoms with E-state index >= 15 is 0 Å². The molecule has 0 saturated heterocycles. The lowest BCUT2D eigenvalue weighted by molar-refractivity contribution is -0.350. The summed E-state index contributed by atoms with van der Waals surface area (Å²) in [6.07, 6.45) is 0. The Morgan fingerprint density at radius 1 is 0.500 bits per heavy atom. The van der Waals surface area contributed by atoms with Gasteiger partial charge in [0, 0.05) is 5.41 Å². The van der Waals surface area contributed by atoms with Crippen LogP contribution in [0.15, 0.2) is 11.1 Å². The van der Waals surface area contributed by atoms with Crippen molar-refractivity contribution < 1.29 is 0 Å². The van der Waals surface area contributed by atoms with E-state index in [-0.39, 0.29) is 16.2 Å². The molecule has 1 fully saturated rings. The van der Waals surface area contributed by atoms with E-state index in [4.69, 9.17) is 0 Å². The maximum atomic E-state index is 2.57. The summed E-state index contributed by atoms with van der Waals surface area (Å²) in [7, 11) is 0. The van der Waals surface area contributed by atoms with E-state index in [2.05, 4.69) is 83.1 Å². The molecule has 0 aromatic rings. The lowest BCUT2D eigenvalue weighted by atomic mass is 9.18. The fraction of sp³-hybridized carbons (Fsp3) is 0.900. The zero-order chi connectivity index (χ0) is 16.2. The first kappa shape index (κ1) is 16.1. The molecule has 0 aromatic carbocycles. The van der Waals surface area contributed by atoms with Crippen LogP contribution in [0.1, 0.15) is 83.1 Å². The summed E-state index contributed by atoms with van der Waals surface area (Å²) < 4.78 is 0. The Hall–Kier alpha value is -0.260. The molecule has 116 valence electrons. The summed E-state index contributed by atoms with van der Waals surface area (Å²) in [5.41, 5.74) is 5.04. The maximum absolute atomic E-state index is 2.57. The van der Waals surface area contributed by atoms with E-state index in [0.29, 0.717) is 16.2 Å². The zero-order valence-electron chi connectivity index (χ0n) is 16.0. The van der Waals surface area contributed by atoms with Gasteiger partial charge in [-0.25, -0.2) is 0 Å². The molecule has 0 radical (unpaired) electrons. The summed E-state index contributed by atoms with van der Waals surface area (Å²) in [4.78, 5) is 0. The molecule has 0 amide bonds. The zero-order valence-corrected chi connectivity index (χ0v) is 16.0. The van der Waals surface area contributed by atoms with Crippen LogP contribution in [-0.2, 0) is 0 Å². The monoisotopic (exact) mass is 276 g/mol. The van der Waals surface area contributed by atoms with E-state index in [0.717, 1.165) is 0 Å². The fourth-order valence-electron chi connectivity index (χ4n) is 6.62. The van der Waals surface area contributed by atoms with Gasteiger partial charge in [0.25, 0.3) is 0 Å². The van der Waals surface area contributed by atoms with Crippen LogP contribution in [0.25, 0.3) is 0 Å². The molecule has 2 aliphatic rings. The smallest absolute Gasteiger partial charge is 0.000450 e. The lowest BCUT2D eigenvalue weighted by Crippen LogP contribution is -2.80. The van der Waals surface area contributed by atoms with Crippen molar-refractivity contribution in [1.82, 2.24) is 0 Å². The molecule has 0 N–H and O–H groups in total. The SMILES string of the molecule is CC1=C(C)C2(C)C(C)(C)C(C)(C)C2(C)C(C)(C)C1(C)C. The highest BCUT2D eigenvalue weighted by molar-refractivity contribution is 5.45. The number of fused-ring (bicyclic) bond motifs is 1. The molecule has 2 unspecified atom stereocenters. The van der Waals surface area contributed by atoms with Crippen molar-refractivity contribution in [2.24, 2.45) is 32.5 Å². The van der Waals surface area contributed by atoms with Gasteiger partial charge in [-0.1, -0.05) is 80.4 Å². The Labute approximate surface area is 127 Å². The van der Waals surface area contributed by atoms with E-state index in [9.17, 15) is 0 Å². The first-order valence-corrected chi connectivity index (χ1v) is 8.25. The average Bonchev–Trinajstić information content (AvgIpc) is 2.31. The molecule has 20 heavy (non-hydrogen) atoms. The molecular formula is C20H36. The van der Waals surface area contributed by atoms with Gasteiger partial charge in [0.2, 0.25) is 0 Å². The molecule has 2 atom stereocenters. The van der Waals surface area contributed by atoms with Crippen molar-refractivity contribution >= 4 is 0 Å². The summed E-state index contributed by atoms with van der Waals surface area (Å²) in [5.74, 6) is 0. The van der Waals surface area contributed by atoms with Gasteiger partial charge in [0.05, 0.1) is 0 Å². The molecule has 1 saturated carbocycles. The molecule has 0 nitrogen and oxygen atoms in total. The molecule has 2 aliphatic carbocycles. The van der Waals surface area contributed by atoms with Gasteiger partial charge in [-0.05, 0) is 40.9 Å². The summed E-state index contributed by atoms with van der Waals surface area (Å²) in [6, 6.07) is 0. The minimum absolute atomic E-state index is 0.249. The van der Waals surface area contributed by atoms with Crippen LogP contribution in [-0.4, -0.2) is 0 Å². The van der Waals surface area contributed by atoms with Crippen LogP contribution in [0.4, 0.5) is 0 Å². The van der Waals surface area contributed by atoms with Crippen molar-refractivity contribution in [3.05, 3.63) is 11.1 Å². The van der Waals surface area contributed by atoms with Crippen molar-refractivity contribution in [3.8, 4) is 0 Å². The van der Waals surface area contributed by atoms with Crippen LogP contribution in [0.3, 0.4) is 0 Å². The molecule has 2 rings (SSSR count). The largest absolute Gasteiger partial charge is 0.0676 e. The Morgan fingerprint density at radius 3 is 1.30 bits per heavy atom. The molecule has 0 heteroatoms. The standard InChI is InChI=1S/C20H36/c1-13-14(2)19(11)17(7,8)18(9,10)20(19,12)16(5,6)15(13,3)4/h1-12H3. The Bertz CT molecular complexity index is 498. The molecular weight excluding hydrogens is 240 g/mol. The number of hydrogen-bond donors (Lipinski definition) is 0. The topological polar surface area (TPSA) is 0 Å². The van der Waals surface area contributed by atoms with Gasteiger partial charge in [0.15, 0.2) is 0 Å². The molecule has 0 aliphatic heterocycles. The summed E-state index contributed by atoms with van der Waals surface area (Å²) >= 11 is 0. The third-order valence-corrected chi connectivity index (χ3v) is 10.1. The predicted molar refractivity (Wildman–Crippen MR) is 89.7 cm³/mol. The minimum atomic E-state index is 0.249. The number of hydrogen-bond acceptors (Lipinski definition) is 0. The van der Waals surface area contributed by atoms with E-state index in [1.165, 1.54) is 0 Å². The number of rotatable bonds is 0. The lowest BCUT2D eigenvalue weighted by Gasteiger charge is -2.86. The highest BCUT2D eigenvalue weighted by Crippen LogP contribution is 2.88. The van der Waals surface area contributed by atoms with Crippen LogP contribution < -0.4 is 0 Å². The van der Waals surface area contributed by atoms with Crippen molar-refractivity contribution in [2.75, 3.05) is 0 Å². The van der Waals surface area contributed by atoms with Gasteiger partial charge in [0.1, 0.15) is 0 Å². The minimum Gasteiger partial charge on any atom is -0.0676 e. The predicted octanol–water partition coefficient (Wildman–Crippen LogP) is 6.47. The second-order valence-electron chi connectivity index (χ2n) is 10.0. The van der Waals surface area contributed by atoms with Crippen LogP contribution in [0.2, 0.25) is 0 Å². The van der Waals surface area contributed by atoms with Crippen molar-refractivity contribution in [2.45, 2.75) is 83.1 Å². The highest BCUT2D eigenvalue weighted by atomic mass is 14.9. The van der Waals surface area contributed by atoms with Gasteiger partial charge in [-0.15, -0.1) is 0 Å². The molecule has 0 bridgehead atoms. The summed E-state index contributed by atoms with van der Waals surface area (Å²) in [5, 5.41) is 0. The Kier molecular flexibility index (Phi) is 2.73. The van der Waals surface area contributed by atoms with Gasteiger partial charge in [-0.3, -0.25) is 0 Å². The van der Waals surface area contributed by atoms with Gasteiger partial charge < -0.3 is 0 Å². The van der Waals surface area contributed by atoms with E-state index in [1.807, 2.05) is 0 Å². The molecule has 0 heterocycles. The van der Waals surface area contributed by atoms with Gasteiger partial charge >= 0.3 is 0 Å². The van der Waals surface area contributed by atoms with E-state index < -0.39 is 0 Å². The first-order chi connectivity index (χ1) is 8.57. The van der Waals surface area contributed by atoms with Crippen LogP contribution >= 0.6 is 0 Å². The fourth-order valence-corrected chi connectivity index (χ4v) is 6.62. The maximum Gasteiger partial charge on any atom is 0.000450 e. The molecule has 0 aromatic heterocycles. The third-order valence-electron chi connectivity index (χ3n) is 10.1. The first-order valence-electron chi connectivity index (χ1n) is 8.25. The van der Waals surface area contributed by atoms with Crippen molar-refractivity contribution in [1.29, 1.82) is 0 Å². The quantitative estimate of drug-likeness (QED) is 0.445. The normalized spacial score (nSPS) is 43.8.